The molecule has 0 unspecified atom stereocenters. The molecule has 1 fully saturated rings. The molecule has 1 N–H and O–H groups in total. The van der Waals surface area contributed by atoms with Crippen molar-refractivity contribution in [2.75, 3.05) is 12.4 Å². The third kappa shape index (κ3) is 3.54. The van der Waals surface area contributed by atoms with E-state index in [4.69, 9.17) is 34.8 Å². The lowest BCUT2D eigenvalue weighted by atomic mass is 9.88. The average molecular weight is 307 g/mol. The van der Waals surface area contributed by atoms with Crippen LogP contribution in [-0.4, -0.2) is 12.4 Å². The Bertz CT molecular complexity index is 400. The lowest BCUT2D eigenvalue weighted by Gasteiger charge is -2.26. The molecule has 0 atom stereocenters. The summed E-state index contributed by atoms with van der Waals surface area (Å²) in [7, 11) is 0. The molecular formula is C14H18Cl3N. The molecule has 0 saturated heterocycles. The minimum absolute atomic E-state index is 0.292. The summed E-state index contributed by atoms with van der Waals surface area (Å²) < 4.78 is 0. The number of nitrogens with one attached hydrogen (secondary N) is 1. The molecule has 1 aromatic carbocycles. The fraction of sp³-hybridized carbons (Fsp3) is 0.571. The second-order valence-electron chi connectivity index (χ2n) is 5.18. The van der Waals surface area contributed by atoms with Crippen LogP contribution in [0.15, 0.2) is 18.2 Å². The molecule has 4 heteroatoms. The number of alkyl halides is 1. The van der Waals surface area contributed by atoms with E-state index < -0.39 is 0 Å². The van der Waals surface area contributed by atoms with Crippen molar-refractivity contribution in [3.8, 4) is 0 Å². The van der Waals surface area contributed by atoms with E-state index in [0.717, 1.165) is 29.6 Å². The molecule has 0 radical (unpaired) electrons. The van der Waals surface area contributed by atoms with Crippen LogP contribution in [0.3, 0.4) is 0 Å². The Balaban J connectivity index is 1.88. The van der Waals surface area contributed by atoms with Crippen LogP contribution in [-0.2, 0) is 6.54 Å². The van der Waals surface area contributed by atoms with Crippen molar-refractivity contribution in [1.29, 1.82) is 0 Å². The van der Waals surface area contributed by atoms with Gasteiger partial charge in [-0.15, -0.1) is 11.6 Å². The van der Waals surface area contributed by atoms with Crippen molar-refractivity contribution >= 4 is 34.8 Å². The van der Waals surface area contributed by atoms with E-state index >= 15 is 0 Å². The topological polar surface area (TPSA) is 12.0 Å². The number of hydrogen-bond donors (Lipinski definition) is 1. The summed E-state index contributed by atoms with van der Waals surface area (Å²) in [6, 6.07) is 5.63. The summed E-state index contributed by atoms with van der Waals surface area (Å²) >= 11 is 18.1. The Morgan fingerprint density at radius 3 is 2.50 bits per heavy atom. The number of rotatable bonds is 5. The Hall–Kier alpha value is 0.0500. The van der Waals surface area contributed by atoms with Crippen molar-refractivity contribution in [2.45, 2.75) is 32.2 Å². The molecule has 0 aromatic heterocycles. The third-order valence-corrected chi connectivity index (χ3v) is 4.93. The van der Waals surface area contributed by atoms with Gasteiger partial charge in [-0.1, -0.05) is 42.1 Å². The molecule has 0 amide bonds. The highest BCUT2D eigenvalue weighted by molar-refractivity contribution is 6.35. The molecule has 0 aliphatic heterocycles. The van der Waals surface area contributed by atoms with Crippen LogP contribution in [0.5, 0.6) is 0 Å². The summed E-state index contributed by atoms with van der Waals surface area (Å²) in [5, 5.41) is 4.88. The van der Waals surface area contributed by atoms with Gasteiger partial charge in [0.15, 0.2) is 0 Å². The summed E-state index contributed by atoms with van der Waals surface area (Å²) in [6.45, 7) is 1.74. The maximum absolute atomic E-state index is 6.14. The maximum Gasteiger partial charge on any atom is 0.0465 e. The predicted molar refractivity (Wildman–Crippen MR) is 79.8 cm³/mol. The summed E-state index contributed by atoms with van der Waals surface area (Å²) in [6.07, 6.45) is 5.07. The number of benzene rings is 1. The van der Waals surface area contributed by atoms with Gasteiger partial charge in [-0.05, 0) is 36.0 Å². The van der Waals surface area contributed by atoms with Gasteiger partial charge in [0.25, 0.3) is 0 Å². The predicted octanol–water partition coefficient (Wildman–Crippen LogP) is 4.88. The van der Waals surface area contributed by atoms with Crippen LogP contribution < -0.4 is 5.32 Å². The average Bonchev–Trinajstić information content (AvgIpc) is 2.81. The van der Waals surface area contributed by atoms with Crippen LogP contribution in [0.2, 0.25) is 10.0 Å². The molecule has 0 bridgehead atoms. The maximum atomic E-state index is 6.14. The largest absolute Gasteiger partial charge is 0.312 e. The highest BCUT2D eigenvalue weighted by atomic mass is 35.5. The van der Waals surface area contributed by atoms with Crippen molar-refractivity contribution in [3.63, 3.8) is 0 Å². The zero-order chi connectivity index (χ0) is 13.0. The highest BCUT2D eigenvalue weighted by Crippen LogP contribution is 2.38. The first-order valence-electron chi connectivity index (χ1n) is 6.36. The summed E-state index contributed by atoms with van der Waals surface area (Å²) in [4.78, 5) is 0. The van der Waals surface area contributed by atoms with Gasteiger partial charge in [0, 0.05) is 29.0 Å². The van der Waals surface area contributed by atoms with Gasteiger partial charge < -0.3 is 5.32 Å². The molecule has 1 nitrogen and oxygen atoms in total. The lowest BCUT2D eigenvalue weighted by molar-refractivity contribution is 0.320. The Kier molecular flexibility index (Phi) is 5.20. The smallest absolute Gasteiger partial charge is 0.0465 e. The summed E-state index contributed by atoms with van der Waals surface area (Å²) in [5.41, 5.74) is 1.38. The van der Waals surface area contributed by atoms with Crippen LogP contribution in [0, 0.1) is 5.41 Å². The fourth-order valence-electron chi connectivity index (χ4n) is 2.61. The Labute approximate surface area is 124 Å². The van der Waals surface area contributed by atoms with E-state index in [2.05, 4.69) is 5.32 Å². The molecule has 2 rings (SSSR count). The van der Waals surface area contributed by atoms with E-state index in [9.17, 15) is 0 Å². The quantitative estimate of drug-likeness (QED) is 0.764. The lowest BCUT2D eigenvalue weighted by Crippen LogP contribution is -2.33. The van der Waals surface area contributed by atoms with Gasteiger partial charge in [-0.25, -0.2) is 0 Å². The zero-order valence-corrected chi connectivity index (χ0v) is 12.6. The third-order valence-electron chi connectivity index (χ3n) is 3.78. The van der Waals surface area contributed by atoms with Crippen molar-refractivity contribution in [1.82, 2.24) is 5.32 Å². The Morgan fingerprint density at radius 2 is 1.89 bits per heavy atom. The standard InChI is InChI=1S/C14H18Cl3N/c15-9-14(5-1-2-6-14)10-18-8-11-3-4-12(16)7-13(11)17/h3-4,7,18H,1-2,5-6,8-10H2. The van der Waals surface area contributed by atoms with E-state index in [1.54, 1.807) is 6.07 Å². The van der Waals surface area contributed by atoms with Gasteiger partial charge in [-0.2, -0.15) is 0 Å². The second kappa shape index (κ2) is 6.47. The van der Waals surface area contributed by atoms with E-state index in [1.807, 2.05) is 12.1 Å². The van der Waals surface area contributed by atoms with E-state index in [1.165, 1.54) is 25.7 Å². The molecule has 1 saturated carbocycles. The highest BCUT2D eigenvalue weighted by Gasteiger charge is 2.32. The Morgan fingerprint density at radius 1 is 1.17 bits per heavy atom. The zero-order valence-electron chi connectivity index (χ0n) is 10.3. The first kappa shape index (κ1) is 14.5. The number of halogens is 3. The van der Waals surface area contributed by atoms with Gasteiger partial charge in [0.2, 0.25) is 0 Å². The molecule has 1 aromatic rings. The van der Waals surface area contributed by atoms with E-state index in [0.29, 0.717) is 10.4 Å². The van der Waals surface area contributed by atoms with Gasteiger partial charge in [0.05, 0.1) is 0 Å². The molecular weight excluding hydrogens is 289 g/mol. The van der Waals surface area contributed by atoms with Gasteiger partial charge in [-0.3, -0.25) is 0 Å². The van der Waals surface area contributed by atoms with Crippen molar-refractivity contribution < 1.29 is 0 Å². The minimum Gasteiger partial charge on any atom is -0.312 e. The number of hydrogen-bond acceptors (Lipinski definition) is 1. The summed E-state index contributed by atoms with van der Waals surface area (Å²) in [5.74, 6) is 0.744. The van der Waals surface area contributed by atoms with Crippen molar-refractivity contribution in [3.05, 3.63) is 33.8 Å². The van der Waals surface area contributed by atoms with Crippen LogP contribution in [0.1, 0.15) is 31.2 Å². The SMILES string of the molecule is ClCC1(CNCc2ccc(Cl)cc2Cl)CCCC1. The first-order chi connectivity index (χ1) is 8.65. The minimum atomic E-state index is 0.292. The molecule has 0 spiro atoms. The van der Waals surface area contributed by atoms with Gasteiger partial charge in [0.1, 0.15) is 0 Å². The molecule has 100 valence electrons. The normalized spacial score (nSPS) is 18.2. The first-order valence-corrected chi connectivity index (χ1v) is 7.65. The van der Waals surface area contributed by atoms with Crippen molar-refractivity contribution in [2.24, 2.45) is 5.41 Å². The van der Waals surface area contributed by atoms with Gasteiger partial charge >= 0.3 is 0 Å². The molecule has 0 heterocycles. The van der Waals surface area contributed by atoms with E-state index in [-0.39, 0.29) is 0 Å². The van der Waals surface area contributed by atoms with Crippen LogP contribution >= 0.6 is 34.8 Å². The monoisotopic (exact) mass is 305 g/mol. The fourth-order valence-corrected chi connectivity index (χ4v) is 3.45. The molecule has 18 heavy (non-hydrogen) atoms. The molecule has 1 aliphatic rings. The second-order valence-corrected chi connectivity index (χ2v) is 6.29. The molecule has 1 aliphatic carbocycles. The van der Waals surface area contributed by atoms with Crippen LogP contribution in [0.4, 0.5) is 0 Å². The van der Waals surface area contributed by atoms with Crippen LogP contribution in [0.25, 0.3) is 0 Å².